The largest absolute Gasteiger partial charge is 0.464 e. The number of guanidine groups is 1. The van der Waals surface area contributed by atoms with Crippen LogP contribution in [0.15, 0.2) is 21.5 Å². The van der Waals surface area contributed by atoms with Crippen molar-refractivity contribution in [3.8, 4) is 0 Å². The predicted octanol–water partition coefficient (Wildman–Crippen LogP) is 0.424. The molecule has 8 heteroatoms. The molecule has 1 atom stereocenters. The molecule has 22 heavy (non-hydrogen) atoms. The Bertz CT molecular complexity index is 646. The molecule has 0 bridgehead atoms. The van der Waals surface area contributed by atoms with Gasteiger partial charge in [0.1, 0.15) is 23.4 Å². The maximum absolute atomic E-state index is 10.0. The molecule has 0 saturated carbocycles. The number of hydrogen-bond acceptors (Lipinski definition) is 5. The van der Waals surface area contributed by atoms with Crippen LogP contribution in [-0.2, 0) is 13.6 Å². The third kappa shape index (κ3) is 3.85. The SMILES string of the molecule is CN=C(NCc1nnc(C)n1C)NCC(O)c1ccc(C)o1. The molecule has 0 amide bonds. The molecule has 2 heterocycles. The van der Waals surface area contributed by atoms with Gasteiger partial charge in [0.2, 0.25) is 0 Å². The lowest BCUT2D eigenvalue weighted by molar-refractivity contribution is 0.151. The molecule has 0 saturated heterocycles. The first-order valence-corrected chi connectivity index (χ1v) is 7.05. The Labute approximate surface area is 129 Å². The molecule has 0 aromatic carbocycles. The van der Waals surface area contributed by atoms with Crippen LogP contribution in [-0.4, -0.2) is 39.4 Å². The van der Waals surface area contributed by atoms with Gasteiger partial charge >= 0.3 is 0 Å². The van der Waals surface area contributed by atoms with Gasteiger partial charge in [0, 0.05) is 14.1 Å². The molecule has 0 spiro atoms. The van der Waals surface area contributed by atoms with Crippen LogP contribution in [0.3, 0.4) is 0 Å². The molecule has 3 N–H and O–H groups in total. The van der Waals surface area contributed by atoms with Crippen LogP contribution in [0.2, 0.25) is 0 Å². The fourth-order valence-electron chi connectivity index (χ4n) is 1.91. The first-order valence-electron chi connectivity index (χ1n) is 7.05. The molecule has 2 aromatic heterocycles. The van der Waals surface area contributed by atoms with Gasteiger partial charge in [-0.3, -0.25) is 4.99 Å². The predicted molar refractivity (Wildman–Crippen MR) is 82.3 cm³/mol. The standard InChI is InChI=1S/C14H22N6O2/c1-9-5-6-12(22-9)11(21)7-16-14(15-3)17-8-13-19-18-10(2)20(13)4/h5-6,11,21H,7-8H2,1-4H3,(H2,15,16,17). The topological polar surface area (TPSA) is 100 Å². The van der Waals surface area contributed by atoms with E-state index in [9.17, 15) is 5.11 Å². The molecule has 0 aliphatic carbocycles. The lowest BCUT2D eigenvalue weighted by Gasteiger charge is -2.14. The third-order valence-electron chi connectivity index (χ3n) is 3.37. The highest BCUT2D eigenvalue weighted by molar-refractivity contribution is 5.79. The van der Waals surface area contributed by atoms with E-state index in [2.05, 4.69) is 25.8 Å². The van der Waals surface area contributed by atoms with Gasteiger partial charge in [-0.25, -0.2) is 0 Å². The number of hydrogen-bond donors (Lipinski definition) is 3. The molecule has 8 nitrogen and oxygen atoms in total. The minimum absolute atomic E-state index is 0.296. The molecule has 1 unspecified atom stereocenters. The van der Waals surface area contributed by atoms with Crippen molar-refractivity contribution in [2.24, 2.45) is 12.0 Å². The van der Waals surface area contributed by atoms with E-state index in [0.717, 1.165) is 17.4 Å². The second kappa shape index (κ2) is 7.08. The number of aliphatic imine (C=N–C) groups is 1. The van der Waals surface area contributed by atoms with Crippen molar-refractivity contribution < 1.29 is 9.52 Å². The number of aryl methyl sites for hydroxylation is 2. The Morgan fingerprint density at radius 2 is 2.14 bits per heavy atom. The summed E-state index contributed by atoms with van der Waals surface area (Å²) in [4.78, 5) is 4.11. The van der Waals surface area contributed by atoms with Gasteiger partial charge in [0.15, 0.2) is 11.8 Å². The summed E-state index contributed by atoms with van der Waals surface area (Å²) in [5.74, 6) is 3.53. The van der Waals surface area contributed by atoms with E-state index in [1.54, 1.807) is 13.1 Å². The van der Waals surface area contributed by atoms with E-state index < -0.39 is 6.10 Å². The normalized spacial score (nSPS) is 13.2. The van der Waals surface area contributed by atoms with Crippen molar-refractivity contribution in [2.75, 3.05) is 13.6 Å². The summed E-state index contributed by atoms with van der Waals surface area (Å²) in [5.41, 5.74) is 0. The average Bonchev–Trinajstić information content (AvgIpc) is 3.07. The fourth-order valence-corrected chi connectivity index (χ4v) is 1.91. The molecule has 0 radical (unpaired) electrons. The zero-order valence-corrected chi connectivity index (χ0v) is 13.3. The fraction of sp³-hybridized carbons (Fsp3) is 0.500. The highest BCUT2D eigenvalue weighted by atomic mass is 16.4. The summed E-state index contributed by atoms with van der Waals surface area (Å²) in [6, 6.07) is 3.59. The Hall–Kier alpha value is -2.35. The molecule has 120 valence electrons. The number of aliphatic hydroxyl groups is 1. The number of aromatic nitrogens is 3. The molecular weight excluding hydrogens is 284 g/mol. The Kier molecular flexibility index (Phi) is 5.16. The van der Waals surface area contributed by atoms with E-state index in [4.69, 9.17) is 4.42 Å². The summed E-state index contributed by atoms with van der Waals surface area (Å²) in [6.07, 6.45) is -0.732. The first-order chi connectivity index (χ1) is 10.5. The van der Waals surface area contributed by atoms with Crippen LogP contribution >= 0.6 is 0 Å². The van der Waals surface area contributed by atoms with Crippen LogP contribution in [0.25, 0.3) is 0 Å². The lowest BCUT2D eigenvalue weighted by atomic mass is 10.3. The third-order valence-corrected chi connectivity index (χ3v) is 3.37. The van der Waals surface area contributed by atoms with Gasteiger partial charge in [0.25, 0.3) is 0 Å². The van der Waals surface area contributed by atoms with E-state index in [-0.39, 0.29) is 0 Å². The minimum Gasteiger partial charge on any atom is -0.464 e. The second-order valence-electron chi connectivity index (χ2n) is 4.99. The first kappa shape index (κ1) is 16.0. The smallest absolute Gasteiger partial charge is 0.191 e. The van der Waals surface area contributed by atoms with E-state index in [1.807, 2.05) is 31.5 Å². The van der Waals surface area contributed by atoms with Crippen LogP contribution < -0.4 is 10.6 Å². The number of rotatable bonds is 5. The zero-order valence-electron chi connectivity index (χ0n) is 13.3. The van der Waals surface area contributed by atoms with E-state index in [1.165, 1.54) is 0 Å². The Morgan fingerprint density at radius 1 is 1.36 bits per heavy atom. The maximum Gasteiger partial charge on any atom is 0.191 e. The summed E-state index contributed by atoms with van der Waals surface area (Å²) < 4.78 is 7.29. The Balaban J connectivity index is 1.84. The maximum atomic E-state index is 10.0. The average molecular weight is 306 g/mol. The Morgan fingerprint density at radius 3 is 2.68 bits per heavy atom. The minimum atomic E-state index is -0.732. The molecule has 0 aliphatic rings. The lowest BCUT2D eigenvalue weighted by Crippen LogP contribution is -2.39. The van der Waals surface area contributed by atoms with Crippen LogP contribution in [0, 0.1) is 13.8 Å². The van der Waals surface area contributed by atoms with Crippen LogP contribution in [0.5, 0.6) is 0 Å². The van der Waals surface area contributed by atoms with Crippen molar-refractivity contribution in [3.63, 3.8) is 0 Å². The van der Waals surface area contributed by atoms with Crippen molar-refractivity contribution >= 4 is 5.96 Å². The van der Waals surface area contributed by atoms with E-state index >= 15 is 0 Å². The number of nitrogens with zero attached hydrogens (tertiary/aromatic N) is 4. The zero-order chi connectivity index (χ0) is 16.1. The summed E-state index contributed by atoms with van der Waals surface area (Å²) in [6.45, 7) is 4.52. The van der Waals surface area contributed by atoms with E-state index in [0.29, 0.717) is 24.8 Å². The van der Waals surface area contributed by atoms with Crippen LogP contribution in [0.4, 0.5) is 0 Å². The van der Waals surface area contributed by atoms with Gasteiger partial charge in [-0.15, -0.1) is 10.2 Å². The molecule has 0 fully saturated rings. The molecule has 0 aliphatic heterocycles. The number of furan rings is 1. The highest BCUT2D eigenvalue weighted by Crippen LogP contribution is 2.14. The quantitative estimate of drug-likeness (QED) is 0.547. The number of aliphatic hydroxyl groups excluding tert-OH is 1. The van der Waals surface area contributed by atoms with Crippen molar-refractivity contribution in [1.29, 1.82) is 0 Å². The van der Waals surface area contributed by atoms with Gasteiger partial charge in [-0.05, 0) is 26.0 Å². The summed E-state index contributed by atoms with van der Waals surface area (Å²) >= 11 is 0. The van der Waals surface area contributed by atoms with Crippen molar-refractivity contribution in [2.45, 2.75) is 26.5 Å². The summed E-state index contributed by atoms with van der Waals surface area (Å²) in [5, 5.41) is 24.3. The van der Waals surface area contributed by atoms with Gasteiger partial charge in [-0.2, -0.15) is 0 Å². The van der Waals surface area contributed by atoms with Gasteiger partial charge < -0.3 is 24.7 Å². The molecular formula is C14H22N6O2. The molecule has 2 aromatic rings. The van der Waals surface area contributed by atoms with Crippen molar-refractivity contribution in [1.82, 2.24) is 25.4 Å². The monoisotopic (exact) mass is 306 g/mol. The van der Waals surface area contributed by atoms with Crippen LogP contribution in [0.1, 0.15) is 29.3 Å². The second-order valence-corrected chi connectivity index (χ2v) is 4.99. The van der Waals surface area contributed by atoms with Gasteiger partial charge in [-0.1, -0.05) is 0 Å². The number of nitrogens with one attached hydrogen (secondary N) is 2. The summed E-state index contributed by atoms with van der Waals surface area (Å²) in [7, 11) is 3.58. The van der Waals surface area contributed by atoms with Gasteiger partial charge in [0.05, 0.1) is 13.1 Å². The highest BCUT2D eigenvalue weighted by Gasteiger charge is 2.12. The molecule has 2 rings (SSSR count). The van der Waals surface area contributed by atoms with Crippen molar-refractivity contribution in [3.05, 3.63) is 35.3 Å².